The Hall–Kier alpha value is -2.09. The standard InChI is InChI=1S/C15H24N4O4/c1-4-9-10(5-2)17-13(16-9)14(20)18-11-6-7-19(15(21)22)8-12(11)23-3/h11-12H,4-8H2,1-3H3,(H,16,17)(H,18,20)(H,21,22)/t11-,12+/m1/s1. The van der Waals surface area contributed by atoms with Crippen molar-refractivity contribution in [2.75, 3.05) is 20.2 Å². The number of carbonyl (C=O) groups excluding carboxylic acids is 1. The number of imidazole rings is 1. The van der Waals surface area contributed by atoms with Crippen molar-refractivity contribution >= 4 is 12.0 Å². The first-order valence-electron chi connectivity index (χ1n) is 7.89. The number of nitrogens with one attached hydrogen (secondary N) is 2. The molecule has 0 spiro atoms. The van der Waals surface area contributed by atoms with Gasteiger partial charge in [0.25, 0.3) is 5.91 Å². The second-order valence-corrected chi connectivity index (χ2v) is 5.59. The largest absolute Gasteiger partial charge is 0.465 e. The predicted molar refractivity (Wildman–Crippen MR) is 83.6 cm³/mol. The second-order valence-electron chi connectivity index (χ2n) is 5.59. The van der Waals surface area contributed by atoms with Gasteiger partial charge in [0.2, 0.25) is 0 Å². The molecule has 1 aliphatic rings. The molecular weight excluding hydrogens is 300 g/mol. The van der Waals surface area contributed by atoms with Gasteiger partial charge in [0.1, 0.15) is 0 Å². The van der Waals surface area contributed by atoms with E-state index in [1.54, 1.807) is 0 Å². The molecule has 1 saturated heterocycles. The maximum absolute atomic E-state index is 12.4. The van der Waals surface area contributed by atoms with E-state index in [0.29, 0.717) is 18.8 Å². The summed E-state index contributed by atoms with van der Waals surface area (Å²) >= 11 is 0. The summed E-state index contributed by atoms with van der Waals surface area (Å²) in [4.78, 5) is 32.1. The summed E-state index contributed by atoms with van der Waals surface area (Å²) < 4.78 is 5.34. The topological polar surface area (TPSA) is 108 Å². The van der Waals surface area contributed by atoms with Crippen LogP contribution in [-0.2, 0) is 17.6 Å². The van der Waals surface area contributed by atoms with Gasteiger partial charge >= 0.3 is 6.09 Å². The normalized spacial score (nSPS) is 21.3. The molecule has 2 rings (SSSR count). The SMILES string of the molecule is CCc1nc(C(=O)N[C@@H]2CCN(C(=O)O)C[C@@H]2OC)[nH]c1CC. The maximum atomic E-state index is 12.4. The number of H-pyrrole nitrogens is 1. The molecule has 128 valence electrons. The monoisotopic (exact) mass is 324 g/mol. The van der Waals surface area contributed by atoms with E-state index in [1.807, 2.05) is 13.8 Å². The van der Waals surface area contributed by atoms with Gasteiger partial charge in [-0.15, -0.1) is 0 Å². The first-order chi connectivity index (χ1) is 11.0. The number of nitrogens with zero attached hydrogens (tertiary/aromatic N) is 2. The van der Waals surface area contributed by atoms with Crippen LogP contribution < -0.4 is 5.32 Å². The number of piperidine rings is 1. The highest BCUT2D eigenvalue weighted by molar-refractivity contribution is 5.91. The van der Waals surface area contributed by atoms with Gasteiger partial charge in [-0.1, -0.05) is 13.8 Å². The molecule has 1 fully saturated rings. The van der Waals surface area contributed by atoms with Gasteiger partial charge in [-0.25, -0.2) is 9.78 Å². The van der Waals surface area contributed by atoms with Crippen molar-refractivity contribution in [3.63, 3.8) is 0 Å². The molecule has 1 aromatic heterocycles. The van der Waals surface area contributed by atoms with Gasteiger partial charge in [-0.3, -0.25) is 4.79 Å². The fourth-order valence-electron chi connectivity index (χ4n) is 2.87. The van der Waals surface area contributed by atoms with E-state index in [1.165, 1.54) is 12.0 Å². The van der Waals surface area contributed by atoms with Crippen LogP contribution in [0.1, 0.15) is 42.3 Å². The lowest BCUT2D eigenvalue weighted by atomic mass is 10.0. The summed E-state index contributed by atoms with van der Waals surface area (Å²) in [6.45, 7) is 4.63. The van der Waals surface area contributed by atoms with Gasteiger partial charge in [0, 0.05) is 19.3 Å². The molecule has 23 heavy (non-hydrogen) atoms. The molecule has 2 amide bonds. The van der Waals surface area contributed by atoms with Gasteiger partial charge < -0.3 is 25.0 Å². The number of likely N-dealkylation sites (tertiary alicyclic amines) is 1. The van der Waals surface area contributed by atoms with E-state index < -0.39 is 6.09 Å². The summed E-state index contributed by atoms with van der Waals surface area (Å²) in [5.74, 6) is 0.0180. The number of hydrogen-bond donors (Lipinski definition) is 3. The number of carbonyl (C=O) groups is 2. The minimum Gasteiger partial charge on any atom is -0.465 e. The number of ether oxygens (including phenoxy) is 1. The van der Waals surface area contributed by atoms with E-state index in [4.69, 9.17) is 9.84 Å². The van der Waals surface area contributed by atoms with Crippen LogP contribution in [0, 0.1) is 0 Å². The van der Waals surface area contributed by atoms with Crippen LogP contribution in [0.25, 0.3) is 0 Å². The molecule has 2 atom stereocenters. The highest BCUT2D eigenvalue weighted by Gasteiger charge is 2.33. The van der Waals surface area contributed by atoms with Crippen molar-refractivity contribution in [3.8, 4) is 0 Å². The molecule has 0 bridgehead atoms. The quantitative estimate of drug-likeness (QED) is 0.750. The summed E-state index contributed by atoms with van der Waals surface area (Å²) in [5, 5.41) is 12.0. The predicted octanol–water partition coefficient (Wildman–Crippen LogP) is 1.03. The first kappa shape index (κ1) is 17.3. The van der Waals surface area contributed by atoms with Crippen LogP contribution in [0.4, 0.5) is 4.79 Å². The summed E-state index contributed by atoms with van der Waals surface area (Å²) in [6, 6.07) is -0.233. The third-order valence-corrected chi connectivity index (χ3v) is 4.22. The van der Waals surface area contributed by atoms with E-state index in [-0.39, 0.29) is 24.6 Å². The minimum atomic E-state index is -0.969. The van der Waals surface area contributed by atoms with Gasteiger partial charge in [0.05, 0.1) is 24.4 Å². The average Bonchev–Trinajstić information content (AvgIpc) is 2.98. The number of carboxylic acid groups (broad SMARTS) is 1. The van der Waals surface area contributed by atoms with Crippen LogP contribution in [0.2, 0.25) is 0 Å². The third-order valence-electron chi connectivity index (χ3n) is 4.22. The molecule has 3 N–H and O–H groups in total. The van der Waals surface area contributed by atoms with E-state index in [2.05, 4.69) is 15.3 Å². The Balaban J connectivity index is 2.04. The molecular formula is C15H24N4O4. The molecule has 0 aromatic carbocycles. The molecule has 1 aromatic rings. The van der Waals surface area contributed by atoms with Crippen LogP contribution in [0.3, 0.4) is 0 Å². The zero-order valence-electron chi connectivity index (χ0n) is 13.8. The van der Waals surface area contributed by atoms with Crippen molar-refractivity contribution < 1.29 is 19.4 Å². The molecule has 0 aliphatic carbocycles. The third kappa shape index (κ3) is 3.82. The van der Waals surface area contributed by atoms with E-state index in [9.17, 15) is 9.59 Å². The van der Waals surface area contributed by atoms with Crippen molar-refractivity contribution in [1.82, 2.24) is 20.2 Å². The minimum absolute atomic E-state index is 0.233. The van der Waals surface area contributed by atoms with Crippen molar-refractivity contribution in [2.45, 2.75) is 45.3 Å². The lowest BCUT2D eigenvalue weighted by molar-refractivity contribution is 0.0100. The number of rotatable bonds is 5. The average molecular weight is 324 g/mol. The molecule has 0 unspecified atom stereocenters. The highest BCUT2D eigenvalue weighted by atomic mass is 16.5. The Bertz CT molecular complexity index is 550. The van der Waals surface area contributed by atoms with Gasteiger partial charge in [0.15, 0.2) is 5.82 Å². The van der Waals surface area contributed by atoms with Crippen molar-refractivity contribution in [2.24, 2.45) is 0 Å². The lowest BCUT2D eigenvalue weighted by Gasteiger charge is -2.36. The Morgan fingerprint density at radius 3 is 2.70 bits per heavy atom. The number of aryl methyl sites for hydroxylation is 2. The summed E-state index contributed by atoms with van der Waals surface area (Å²) in [7, 11) is 1.52. The number of aromatic amines is 1. The zero-order valence-corrected chi connectivity index (χ0v) is 13.8. The fourth-order valence-corrected chi connectivity index (χ4v) is 2.87. The zero-order chi connectivity index (χ0) is 17.0. The molecule has 2 heterocycles. The van der Waals surface area contributed by atoms with Crippen molar-refractivity contribution in [1.29, 1.82) is 0 Å². The summed E-state index contributed by atoms with van der Waals surface area (Å²) in [5.41, 5.74) is 1.88. The number of hydrogen-bond acceptors (Lipinski definition) is 4. The van der Waals surface area contributed by atoms with E-state index >= 15 is 0 Å². The van der Waals surface area contributed by atoms with Crippen LogP contribution in [0.5, 0.6) is 0 Å². The van der Waals surface area contributed by atoms with Crippen molar-refractivity contribution in [3.05, 3.63) is 17.2 Å². The molecule has 1 aliphatic heterocycles. The summed E-state index contributed by atoms with van der Waals surface area (Å²) in [6.07, 6.45) is 0.739. The number of amides is 2. The maximum Gasteiger partial charge on any atom is 0.407 e. The first-order valence-corrected chi connectivity index (χ1v) is 7.89. The molecule has 8 nitrogen and oxygen atoms in total. The molecule has 0 radical (unpaired) electrons. The smallest absolute Gasteiger partial charge is 0.407 e. The Morgan fingerprint density at radius 1 is 1.43 bits per heavy atom. The molecule has 0 saturated carbocycles. The van der Waals surface area contributed by atoms with Gasteiger partial charge in [-0.05, 0) is 19.3 Å². The lowest BCUT2D eigenvalue weighted by Crippen LogP contribution is -2.55. The second kappa shape index (κ2) is 7.45. The fraction of sp³-hybridized carbons (Fsp3) is 0.667. The van der Waals surface area contributed by atoms with Crippen LogP contribution in [-0.4, -0.2) is 64.3 Å². The molecule has 8 heteroatoms. The highest BCUT2D eigenvalue weighted by Crippen LogP contribution is 2.15. The number of aromatic nitrogens is 2. The Kier molecular flexibility index (Phi) is 5.59. The number of methoxy groups -OCH3 is 1. The Labute approximate surface area is 135 Å². The van der Waals surface area contributed by atoms with Crippen LogP contribution >= 0.6 is 0 Å². The van der Waals surface area contributed by atoms with E-state index in [0.717, 1.165) is 24.2 Å². The van der Waals surface area contributed by atoms with Gasteiger partial charge in [-0.2, -0.15) is 0 Å². The van der Waals surface area contributed by atoms with Crippen LogP contribution in [0.15, 0.2) is 0 Å². The Morgan fingerprint density at radius 2 is 2.17 bits per heavy atom.